The third kappa shape index (κ3) is 8.49. The van der Waals surface area contributed by atoms with Crippen molar-refractivity contribution in [2.24, 2.45) is 0 Å². The number of amides is 1. The molecule has 0 radical (unpaired) electrons. The smallest absolute Gasteiger partial charge is 0.293 e. The average Bonchev–Trinajstić information content (AvgIpc) is 3.17. The Labute approximate surface area is 317 Å². The van der Waals surface area contributed by atoms with Gasteiger partial charge in [-0.3, -0.25) is 24.8 Å². The topological polar surface area (TPSA) is 138 Å². The van der Waals surface area contributed by atoms with Crippen molar-refractivity contribution in [3.8, 4) is 11.1 Å². The Hall–Kier alpha value is -4.95. The predicted molar refractivity (Wildman–Crippen MR) is 209 cm³/mol. The molecule has 1 amide bonds. The lowest BCUT2D eigenvalue weighted by Crippen LogP contribution is -2.54. The predicted octanol–water partition coefficient (Wildman–Crippen LogP) is 7.27. The minimum absolute atomic E-state index is 0.197. The highest BCUT2D eigenvalue weighted by Crippen LogP contribution is 2.35. The number of halogens is 1. The van der Waals surface area contributed by atoms with Crippen molar-refractivity contribution < 1.29 is 18.1 Å². The Balaban J connectivity index is 0.978. The van der Waals surface area contributed by atoms with Crippen LogP contribution in [0.25, 0.3) is 11.1 Å². The molecule has 1 atom stereocenters. The van der Waals surface area contributed by atoms with Crippen LogP contribution in [-0.2, 0) is 23.0 Å². The fourth-order valence-corrected chi connectivity index (χ4v) is 8.86. The molecule has 0 spiro atoms. The molecule has 4 aromatic carbocycles. The molecule has 272 valence electrons. The number of nitro groups is 1. The maximum absolute atomic E-state index is 13.3. The van der Waals surface area contributed by atoms with Crippen molar-refractivity contribution in [1.29, 1.82) is 0 Å². The molecule has 14 heteroatoms. The molecular weight excluding hydrogens is 732 g/mol. The standard InChI is InChI=1S/C39H37ClN6O5S2/c40-31-10-6-27(7-11-31)35-16-17-41-24-30(35)25-44-19-20-45-32(26-44)12-8-28-22-29(9-15-37(28)45)39(47)43-53(50,51)34-13-14-36(38(23-34)46(48)49)42-18-21-52-33-4-2-1-3-5-33/h1-7,9-11,13-17,22-24,32,42H,8,12,18-21,25-26H2,(H,43,47)/t32-/m0/s1. The molecule has 5 aromatic rings. The number of carbonyl (C=O) groups is 1. The summed E-state index contributed by atoms with van der Waals surface area (Å²) < 4.78 is 28.7. The number of hydrogen-bond donors (Lipinski definition) is 2. The third-order valence-corrected chi connectivity index (χ3v) is 12.1. The number of piperazine rings is 1. The summed E-state index contributed by atoms with van der Waals surface area (Å²) >= 11 is 7.72. The number of nitrogens with one attached hydrogen (secondary N) is 2. The van der Waals surface area contributed by atoms with Crippen molar-refractivity contribution in [2.75, 3.05) is 42.1 Å². The summed E-state index contributed by atoms with van der Waals surface area (Å²) in [7, 11) is -4.40. The van der Waals surface area contributed by atoms with Crippen LogP contribution in [0.3, 0.4) is 0 Å². The van der Waals surface area contributed by atoms with E-state index in [0.29, 0.717) is 23.4 Å². The van der Waals surface area contributed by atoms with Gasteiger partial charge in [0.15, 0.2) is 0 Å². The van der Waals surface area contributed by atoms with Crippen LogP contribution in [-0.4, -0.2) is 67.1 Å². The normalized spacial score (nSPS) is 15.6. The number of pyridine rings is 1. The van der Waals surface area contributed by atoms with Crippen LogP contribution in [0.5, 0.6) is 0 Å². The minimum Gasteiger partial charge on any atom is -0.379 e. The number of rotatable bonds is 12. The number of nitro benzene ring substituents is 1. The van der Waals surface area contributed by atoms with E-state index < -0.39 is 26.5 Å². The van der Waals surface area contributed by atoms with E-state index in [-0.39, 0.29) is 16.1 Å². The van der Waals surface area contributed by atoms with Gasteiger partial charge in [-0.15, -0.1) is 11.8 Å². The Morgan fingerprint density at radius 2 is 1.81 bits per heavy atom. The van der Waals surface area contributed by atoms with Gasteiger partial charge in [0.1, 0.15) is 5.69 Å². The summed E-state index contributed by atoms with van der Waals surface area (Å²) in [6, 6.07) is 28.8. The van der Waals surface area contributed by atoms with Crippen molar-refractivity contribution in [3.63, 3.8) is 0 Å². The zero-order valence-corrected chi connectivity index (χ0v) is 31.0. The van der Waals surface area contributed by atoms with E-state index in [1.165, 1.54) is 12.1 Å². The van der Waals surface area contributed by atoms with Gasteiger partial charge in [0.2, 0.25) is 0 Å². The zero-order valence-electron chi connectivity index (χ0n) is 28.7. The molecular formula is C39H37ClN6O5S2. The Kier molecular flexibility index (Phi) is 11.0. The number of sulfonamides is 1. The molecule has 0 bridgehead atoms. The first-order valence-electron chi connectivity index (χ1n) is 17.2. The van der Waals surface area contributed by atoms with E-state index >= 15 is 0 Å². The van der Waals surface area contributed by atoms with Crippen LogP contribution < -0.4 is 14.9 Å². The summed E-state index contributed by atoms with van der Waals surface area (Å²) in [5.74, 6) is -0.149. The maximum Gasteiger partial charge on any atom is 0.293 e. The van der Waals surface area contributed by atoms with Crippen molar-refractivity contribution in [1.82, 2.24) is 14.6 Å². The van der Waals surface area contributed by atoms with Crippen molar-refractivity contribution >= 4 is 56.4 Å². The van der Waals surface area contributed by atoms with Gasteiger partial charge in [-0.25, -0.2) is 13.1 Å². The number of anilines is 2. The lowest BCUT2D eigenvalue weighted by atomic mass is 9.92. The van der Waals surface area contributed by atoms with Crippen LogP contribution in [0.4, 0.5) is 17.1 Å². The van der Waals surface area contributed by atoms with Crippen molar-refractivity contribution in [3.05, 3.63) is 141 Å². The van der Waals surface area contributed by atoms with E-state index in [1.54, 1.807) is 23.9 Å². The van der Waals surface area contributed by atoms with Gasteiger partial charge in [0.25, 0.3) is 21.6 Å². The number of nitrogens with zero attached hydrogens (tertiary/aromatic N) is 4. The molecule has 2 aliphatic heterocycles. The number of benzene rings is 4. The molecule has 53 heavy (non-hydrogen) atoms. The molecule has 0 saturated carbocycles. The minimum atomic E-state index is -4.40. The molecule has 2 aliphatic rings. The molecule has 1 aromatic heterocycles. The van der Waals surface area contributed by atoms with E-state index in [1.807, 2.05) is 79.1 Å². The molecule has 0 aliphatic carbocycles. The van der Waals surface area contributed by atoms with Gasteiger partial charge in [0, 0.05) is 84.1 Å². The van der Waals surface area contributed by atoms with Crippen LogP contribution in [0.2, 0.25) is 5.02 Å². The second-order valence-corrected chi connectivity index (χ2v) is 16.3. The Morgan fingerprint density at radius 3 is 2.60 bits per heavy atom. The number of thioether (sulfide) groups is 1. The molecule has 0 unspecified atom stereocenters. The Morgan fingerprint density at radius 1 is 1.00 bits per heavy atom. The highest BCUT2D eigenvalue weighted by molar-refractivity contribution is 7.99. The van der Waals surface area contributed by atoms with Crippen LogP contribution in [0, 0.1) is 10.1 Å². The summed E-state index contributed by atoms with van der Waals surface area (Å²) in [5.41, 5.74) is 5.43. The lowest BCUT2D eigenvalue weighted by molar-refractivity contribution is -0.384. The second-order valence-electron chi connectivity index (χ2n) is 13.0. The van der Waals surface area contributed by atoms with Crippen molar-refractivity contribution in [2.45, 2.75) is 35.2 Å². The first-order valence-corrected chi connectivity index (χ1v) is 20.1. The average molecular weight is 769 g/mol. The molecule has 3 heterocycles. The highest BCUT2D eigenvalue weighted by atomic mass is 35.5. The van der Waals surface area contributed by atoms with Gasteiger partial charge in [-0.1, -0.05) is 41.9 Å². The summed E-state index contributed by atoms with van der Waals surface area (Å²) in [6.07, 6.45) is 5.37. The van der Waals surface area contributed by atoms with E-state index in [4.69, 9.17) is 11.6 Å². The highest BCUT2D eigenvalue weighted by Gasteiger charge is 2.33. The first kappa shape index (κ1) is 36.4. The number of fused-ring (bicyclic) bond motifs is 3. The number of aryl methyl sites for hydroxylation is 1. The molecule has 1 saturated heterocycles. The van der Waals surface area contributed by atoms with Gasteiger partial charge in [-0.2, -0.15) is 0 Å². The van der Waals surface area contributed by atoms with Crippen LogP contribution in [0.15, 0.2) is 119 Å². The summed E-state index contributed by atoms with van der Waals surface area (Å²) in [6.45, 7) is 3.73. The fourth-order valence-electron chi connectivity index (χ4n) is 6.95. The zero-order chi connectivity index (χ0) is 37.0. The lowest BCUT2D eigenvalue weighted by Gasteiger charge is -2.46. The first-order chi connectivity index (χ1) is 25.6. The van der Waals surface area contributed by atoms with Crippen LogP contribution >= 0.6 is 23.4 Å². The molecule has 7 rings (SSSR count). The van der Waals surface area contributed by atoms with E-state index in [2.05, 4.69) is 24.8 Å². The number of aromatic nitrogens is 1. The Bertz CT molecular complexity index is 2240. The fraction of sp³-hybridized carbons (Fsp3) is 0.231. The largest absolute Gasteiger partial charge is 0.379 e. The number of carbonyl (C=O) groups excluding carboxylic acids is 1. The van der Waals surface area contributed by atoms with Gasteiger partial charge >= 0.3 is 0 Å². The summed E-state index contributed by atoms with van der Waals surface area (Å²) in [4.78, 5) is 34.4. The number of hydrogen-bond acceptors (Lipinski definition) is 10. The quantitative estimate of drug-likeness (QED) is 0.0577. The van der Waals surface area contributed by atoms with Crippen LogP contribution in [0.1, 0.15) is 27.9 Å². The monoisotopic (exact) mass is 768 g/mol. The van der Waals surface area contributed by atoms with Gasteiger partial charge < -0.3 is 10.2 Å². The van der Waals surface area contributed by atoms with E-state index in [9.17, 15) is 23.3 Å². The third-order valence-electron chi connectivity index (χ3n) is 9.55. The molecule has 1 fully saturated rings. The maximum atomic E-state index is 13.3. The van der Waals surface area contributed by atoms with Gasteiger partial charge in [0.05, 0.1) is 9.82 Å². The molecule has 11 nitrogen and oxygen atoms in total. The second kappa shape index (κ2) is 16.0. The van der Waals surface area contributed by atoms with Gasteiger partial charge in [-0.05, 0) is 95.8 Å². The SMILES string of the molecule is O=C(NS(=O)(=O)c1ccc(NCCSc2ccccc2)c([N+](=O)[O-])c1)c1ccc2c(c1)CC[C@H]1CN(Cc3cnccc3-c3ccc(Cl)cc3)CCN21. The summed E-state index contributed by atoms with van der Waals surface area (Å²) in [5, 5.41) is 15.6. The van der Waals surface area contributed by atoms with E-state index in [0.717, 1.165) is 77.9 Å². The molecule has 2 N–H and O–H groups in total.